The van der Waals surface area contributed by atoms with E-state index in [1.165, 1.54) is 12.5 Å². The molecule has 1 saturated heterocycles. The number of methoxy groups -OCH3 is 1. The Hall–Kier alpha value is -1.29. The number of aliphatic hydroxyl groups is 4. The van der Waals surface area contributed by atoms with E-state index >= 15 is 0 Å². The Labute approximate surface area is 264 Å². The first-order valence-corrected chi connectivity index (χ1v) is 16.8. The normalized spacial score (nSPS) is 46.5. The molecule has 8 nitrogen and oxygen atoms in total. The summed E-state index contributed by atoms with van der Waals surface area (Å²) in [6.07, 6.45) is 6.68. The van der Waals surface area contributed by atoms with Crippen LogP contribution in [0.5, 0.6) is 0 Å². The molecule has 0 bridgehead atoms. The molecular formula is C36H58O8. The maximum atomic E-state index is 12.6. The Morgan fingerprint density at radius 1 is 1.14 bits per heavy atom. The molecule has 0 aromatic rings. The van der Waals surface area contributed by atoms with Crippen LogP contribution >= 0.6 is 0 Å². The van der Waals surface area contributed by atoms with Crippen molar-refractivity contribution in [2.24, 2.45) is 45.3 Å². The summed E-state index contributed by atoms with van der Waals surface area (Å²) < 4.78 is 18.1. The van der Waals surface area contributed by atoms with Crippen LogP contribution in [0.25, 0.3) is 0 Å². The summed E-state index contributed by atoms with van der Waals surface area (Å²) in [6, 6.07) is 0. The summed E-state index contributed by atoms with van der Waals surface area (Å²) in [5.74, 6) is 0.440. The minimum Gasteiger partial charge on any atom is -0.459 e. The molecule has 1 aliphatic heterocycles. The van der Waals surface area contributed by atoms with Crippen LogP contribution in [0.2, 0.25) is 0 Å². The quantitative estimate of drug-likeness (QED) is 0.180. The van der Waals surface area contributed by atoms with Gasteiger partial charge in [0, 0.05) is 29.9 Å². The Morgan fingerprint density at radius 3 is 2.43 bits per heavy atom. The van der Waals surface area contributed by atoms with E-state index in [9.17, 15) is 25.2 Å². The van der Waals surface area contributed by atoms with Crippen LogP contribution in [0.1, 0.15) is 100 Å². The van der Waals surface area contributed by atoms with Crippen LogP contribution in [0.3, 0.4) is 0 Å². The minimum absolute atomic E-state index is 0.00183. The van der Waals surface area contributed by atoms with Crippen molar-refractivity contribution >= 4 is 5.97 Å². The fourth-order valence-corrected chi connectivity index (χ4v) is 11.2. The predicted octanol–water partition coefficient (Wildman–Crippen LogP) is 4.92. The number of carbonyl (C=O) groups excluding carboxylic acids is 1. The van der Waals surface area contributed by atoms with Crippen molar-refractivity contribution in [1.82, 2.24) is 0 Å². The van der Waals surface area contributed by atoms with E-state index in [0.717, 1.165) is 37.7 Å². The topological polar surface area (TPSA) is 126 Å². The van der Waals surface area contributed by atoms with E-state index in [0.29, 0.717) is 18.8 Å². The molecule has 0 aromatic heterocycles. The summed E-state index contributed by atoms with van der Waals surface area (Å²) in [7, 11) is 1.63. The third-order valence-electron chi connectivity index (χ3n) is 13.6. The van der Waals surface area contributed by atoms with Gasteiger partial charge in [0.15, 0.2) is 6.29 Å². The Kier molecular flexibility index (Phi) is 8.86. The number of fused-ring (bicyclic) bond motifs is 5. The highest BCUT2D eigenvalue weighted by Crippen LogP contribution is 2.73. The van der Waals surface area contributed by atoms with E-state index in [1.54, 1.807) is 13.2 Å². The van der Waals surface area contributed by atoms with E-state index in [4.69, 9.17) is 14.2 Å². The van der Waals surface area contributed by atoms with Crippen molar-refractivity contribution in [3.05, 3.63) is 23.3 Å². The largest absolute Gasteiger partial charge is 0.459 e. The monoisotopic (exact) mass is 618 g/mol. The highest BCUT2D eigenvalue weighted by Gasteiger charge is 2.69. The Morgan fingerprint density at radius 2 is 1.82 bits per heavy atom. The molecule has 0 spiro atoms. The molecule has 250 valence electrons. The van der Waals surface area contributed by atoms with Gasteiger partial charge in [-0.1, -0.05) is 51.8 Å². The molecule has 0 unspecified atom stereocenters. The van der Waals surface area contributed by atoms with Gasteiger partial charge in [-0.25, -0.2) is 4.79 Å². The predicted molar refractivity (Wildman–Crippen MR) is 167 cm³/mol. The zero-order valence-corrected chi connectivity index (χ0v) is 28.4. The fraction of sp³-hybridized carbons (Fsp3) is 0.861. The van der Waals surface area contributed by atoms with Gasteiger partial charge in [-0.15, -0.1) is 0 Å². The van der Waals surface area contributed by atoms with E-state index in [1.807, 2.05) is 13.8 Å². The molecule has 13 atom stereocenters. The minimum atomic E-state index is -1.67. The number of hydrogen-bond donors (Lipinski definition) is 4. The van der Waals surface area contributed by atoms with E-state index in [-0.39, 0.29) is 51.5 Å². The lowest BCUT2D eigenvalue weighted by Crippen LogP contribution is -2.65. The average Bonchev–Trinajstić information content (AvgIpc) is 3.52. The number of ether oxygens (including phenoxy) is 3. The smallest absolute Gasteiger partial charge is 0.330 e. The molecule has 0 radical (unpaired) electrons. The lowest BCUT2D eigenvalue weighted by molar-refractivity contribution is -0.220. The van der Waals surface area contributed by atoms with Gasteiger partial charge in [-0.3, -0.25) is 0 Å². The summed E-state index contributed by atoms with van der Waals surface area (Å²) in [4.78, 5) is 12.6. The molecule has 1 heterocycles. The van der Waals surface area contributed by atoms with Gasteiger partial charge in [0.1, 0.15) is 17.8 Å². The van der Waals surface area contributed by atoms with E-state index in [2.05, 4.69) is 40.7 Å². The first kappa shape index (κ1) is 34.1. The van der Waals surface area contributed by atoms with Crippen LogP contribution in [-0.4, -0.2) is 76.4 Å². The molecule has 4 N–H and O–H groups in total. The van der Waals surface area contributed by atoms with Crippen molar-refractivity contribution in [3.8, 4) is 0 Å². The zero-order chi connectivity index (χ0) is 32.6. The molecule has 3 saturated carbocycles. The molecule has 44 heavy (non-hydrogen) atoms. The van der Waals surface area contributed by atoms with Crippen LogP contribution in [0.4, 0.5) is 0 Å². The van der Waals surface area contributed by atoms with E-state index < -0.39 is 36.8 Å². The number of esters is 1. The Bertz CT molecular complexity index is 1170. The number of hydrogen-bond acceptors (Lipinski definition) is 8. The molecule has 5 aliphatic rings. The van der Waals surface area contributed by atoms with Gasteiger partial charge in [-0.05, 0) is 94.3 Å². The summed E-state index contributed by atoms with van der Waals surface area (Å²) in [5, 5.41) is 43.3. The SMILES string of the molecule is CO[C@@H]1O[C@@H]([C@H](O)[C@@](C)(O)CO)C[C@H]1[C@@H]1CC=C2[C@]3(C)[C@H](O)C[C@H]4C(C)(C)[C@@H](OC(=O)C=C(C)C)CC[C@]4(C)[C@H]3CC[C@]21C. The first-order chi connectivity index (χ1) is 20.4. The van der Waals surface area contributed by atoms with Gasteiger partial charge in [0.2, 0.25) is 0 Å². The third kappa shape index (κ3) is 5.05. The molecule has 8 heteroatoms. The van der Waals surface area contributed by atoms with Crippen molar-refractivity contribution in [3.63, 3.8) is 0 Å². The van der Waals surface area contributed by atoms with Crippen LogP contribution in [-0.2, 0) is 19.0 Å². The van der Waals surface area contributed by atoms with Gasteiger partial charge in [-0.2, -0.15) is 0 Å². The van der Waals surface area contributed by atoms with Crippen molar-refractivity contribution in [1.29, 1.82) is 0 Å². The number of aliphatic hydroxyl groups excluding tert-OH is 3. The molecular weight excluding hydrogens is 560 g/mol. The van der Waals surface area contributed by atoms with Crippen molar-refractivity contribution < 1.29 is 39.4 Å². The molecule has 0 amide bonds. The second kappa shape index (κ2) is 11.4. The van der Waals surface area contributed by atoms with Gasteiger partial charge in [0.05, 0.1) is 18.8 Å². The fourth-order valence-electron chi connectivity index (χ4n) is 11.2. The summed E-state index contributed by atoms with van der Waals surface area (Å²) >= 11 is 0. The van der Waals surface area contributed by atoms with Gasteiger partial charge < -0.3 is 34.6 Å². The molecule has 4 aliphatic carbocycles. The third-order valence-corrected chi connectivity index (χ3v) is 13.6. The number of allylic oxidation sites excluding steroid dienone is 2. The first-order valence-electron chi connectivity index (χ1n) is 16.8. The highest BCUT2D eigenvalue weighted by atomic mass is 16.7. The highest BCUT2D eigenvalue weighted by molar-refractivity contribution is 5.82. The van der Waals surface area contributed by atoms with Crippen LogP contribution < -0.4 is 0 Å². The molecule has 4 fully saturated rings. The average molecular weight is 619 g/mol. The zero-order valence-electron chi connectivity index (χ0n) is 28.4. The number of carbonyl (C=O) groups is 1. The maximum absolute atomic E-state index is 12.6. The summed E-state index contributed by atoms with van der Waals surface area (Å²) in [6.45, 7) is 16.2. The summed E-state index contributed by atoms with van der Waals surface area (Å²) in [5.41, 5.74) is -0.200. The standard InChI is InChI=1S/C36H58O8/c1-20(2)16-29(39)44-28-13-15-34(6)25-12-14-33(5)22(21-17-23(43-31(21)42-9)30(40)35(7,41)19-37)10-11-24(33)36(25,8)27(38)18-26(34)32(28,3)4/h11,16,21-23,25-28,30-31,37-38,40-41H,10,12-15,17-19H2,1-9H3/t21-,22-,23+,25+,26-,27+,28-,30-,31+,33-,34+,35-,36-/m0/s1. The second-order valence-electron chi connectivity index (χ2n) is 16.7. The lowest BCUT2D eigenvalue weighted by Gasteiger charge is -2.68. The van der Waals surface area contributed by atoms with Gasteiger partial charge >= 0.3 is 5.97 Å². The maximum Gasteiger partial charge on any atom is 0.330 e. The van der Waals surface area contributed by atoms with Crippen molar-refractivity contribution in [2.45, 2.75) is 137 Å². The van der Waals surface area contributed by atoms with Crippen LogP contribution in [0, 0.1) is 45.3 Å². The molecule has 0 aromatic carbocycles. The Balaban J connectivity index is 1.40. The van der Waals surface area contributed by atoms with Crippen LogP contribution in [0.15, 0.2) is 23.3 Å². The lowest BCUT2D eigenvalue weighted by atomic mass is 9.37. The number of rotatable bonds is 7. The second-order valence-corrected chi connectivity index (χ2v) is 16.7. The molecule has 5 rings (SSSR count). The van der Waals surface area contributed by atoms with Gasteiger partial charge in [0.25, 0.3) is 0 Å². The van der Waals surface area contributed by atoms with Crippen molar-refractivity contribution in [2.75, 3.05) is 13.7 Å².